The van der Waals surface area contributed by atoms with Gasteiger partial charge in [0.05, 0.1) is 19.8 Å². The average molecular weight is 341 g/mol. The Morgan fingerprint density at radius 2 is 1.92 bits per heavy atom. The van der Waals surface area contributed by atoms with Gasteiger partial charge in [0.2, 0.25) is 0 Å². The van der Waals surface area contributed by atoms with E-state index in [1.807, 2.05) is 6.92 Å². The Labute approximate surface area is 143 Å². The van der Waals surface area contributed by atoms with E-state index in [0.29, 0.717) is 38.1 Å². The van der Waals surface area contributed by atoms with Crippen molar-refractivity contribution in [3.05, 3.63) is 30.1 Å². The van der Waals surface area contributed by atoms with Gasteiger partial charge in [-0.15, -0.1) is 0 Å². The summed E-state index contributed by atoms with van der Waals surface area (Å²) in [6.45, 7) is 5.19. The van der Waals surface area contributed by atoms with Crippen molar-refractivity contribution in [1.29, 1.82) is 0 Å². The molecular formula is C17H28FN3O3. The average Bonchev–Trinajstić information content (AvgIpc) is 2.58. The number of nitrogens with zero attached hydrogens (tertiary/aromatic N) is 1. The molecule has 0 bridgehead atoms. The summed E-state index contributed by atoms with van der Waals surface area (Å²) in [6.07, 6.45) is 0.804. The van der Waals surface area contributed by atoms with Gasteiger partial charge in [-0.3, -0.25) is 4.99 Å². The molecule has 136 valence electrons. The first kappa shape index (κ1) is 20.2. The quantitative estimate of drug-likeness (QED) is 0.365. The molecule has 0 aliphatic rings. The van der Waals surface area contributed by atoms with Gasteiger partial charge in [0.15, 0.2) is 5.96 Å². The predicted octanol–water partition coefficient (Wildman–Crippen LogP) is 1.81. The molecule has 2 N–H and O–H groups in total. The van der Waals surface area contributed by atoms with Crippen molar-refractivity contribution < 1.29 is 18.6 Å². The second-order valence-electron chi connectivity index (χ2n) is 5.22. The molecule has 0 radical (unpaired) electrons. The third kappa shape index (κ3) is 9.32. The maximum atomic E-state index is 12.9. The SMILES string of the molecule is CN=C(NCCCOCCOC)NCC(C)Oc1ccc(F)cc1. The van der Waals surface area contributed by atoms with Crippen LogP contribution in [0.25, 0.3) is 0 Å². The van der Waals surface area contributed by atoms with E-state index in [1.165, 1.54) is 12.1 Å². The molecule has 0 aliphatic heterocycles. The minimum absolute atomic E-state index is 0.0774. The van der Waals surface area contributed by atoms with Crippen LogP contribution in [0.4, 0.5) is 4.39 Å². The molecular weight excluding hydrogens is 313 g/mol. The number of rotatable bonds is 11. The molecule has 1 unspecified atom stereocenters. The van der Waals surface area contributed by atoms with E-state index in [0.717, 1.165) is 13.0 Å². The van der Waals surface area contributed by atoms with Gasteiger partial charge in [0, 0.05) is 27.3 Å². The maximum absolute atomic E-state index is 12.9. The molecule has 0 spiro atoms. The van der Waals surface area contributed by atoms with Crippen LogP contribution in [-0.2, 0) is 9.47 Å². The van der Waals surface area contributed by atoms with Crippen LogP contribution in [0, 0.1) is 5.82 Å². The van der Waals surface area contributed by atoms with Crippen LogP contribution in [0.1, 0.15) is 13.3 Å². The molecule has 0 aromatic heterocycles. The first-order valence-corrected chi connectivity index (χ1v) is 8.09. The lowest BCUT2D eigenvalue weighted by molar-refractivity contribution is 0.0698. The Hall–Kier alpha value is -1.86. The predicted molar refractivity (Wildman–Crippen MR) is 93.2 cm³/mol. The summed E-state index contributed by atoms with van der Waals surface area (Å²) in [4.78, 5) is 4.15. The van der Waals surface area contributed by atoms with Crippen molar-refractivity contribution in [3.8, 4) is 5.75 Å². The lowest BCUT2D eigenvalue weighted by Gasteiger charge is -2.17. The summed E-state index contributed by atoms with van der Waals surface area (Å²) in [6, 6.07) is 5.99. The van der Waals surface area contributed by atoms with Crippen molar-refractivity contribution in [1.82, 2.24) is 10.6 Å². The second kappa shape index (κ2) is 12.5. The molecule has 0 heterocycles. The Balaban J connectivity index is 2.15. The highest BCUT2D eigenvalue weighted by molar-refractivity contribution is 5.79. The van der Waals surface area contributed by atoms with Crippen molar-refractivity contribution in [2.45, 2.75) is 19.4 Å². The first-order chi connectivity index (χ1) is 11.7. The third-order valence-electron chi connectivity index (χ3n) is 3.12. The summed E-state index contributed by atoms with van der Waals surface area (Å²) in [5.41, 5.74) is 0. The number of benzene rings is 1. The first-order valence-electron chi connectivity index (χ1n) is 8.09. The summed E-state index contributed by atoms with van der Waals surface area (Å²) in [5.74, 6) is 1.08. The van der Waals surface area contributed by atoms with Crippen molar-refractivity contribution in [3.63, 3.8) is 0 Å². The molecule has 0 fully saturated rings. The molecule has 1 atom stereocenters. The molecule has 7 heteroatoms. The maximum Gasteiger partial charge on any atom is 0.191 e. The van der Waals surface area contributed by atoms with Crippen molar-refractivity contribution in [2.75, 3.05) is 47.1 Å². The lowest BCUT2D eigenvalue weighted by Crippen LogP contribution is -2.42. The Bertz CT molecular complexity index is 469. The summed E-state index contributed by atoms with van der Waals surface area (Å²) in [5, 5.41) is 6.40. The summed E-state index contributed by atoms with van der Waals surface area (Å²) >= 11 is 0. The van der Waals surface area contributed by atoms with Crippen LogP contribution >= 0.6 is 0 Å². The zero-order valence-electron chi connectivity index (χ0n) is 14.7. The number of halogens is 1. The van der Waals surface area contributed by atoms with Gasteiger partial charge in [0.25, 0.3) is 0 Å². The van der Waals surface area contributed by atoms with E-state index < -0.39 is 0 Å². The van der Waals surface area contributed by atoms with Crippen LogP contribution in [0.3, 0.4) is 0 Å². The molecule has 1 aromatic rings. The van der Waals surface area contributed by atoms with Crippen LogP contribution < -0.4 is 15.4 Å². The fourth-order valence-corrected chi connectivity index (χ4v) is 1.87. The van der Waals surface area contributed by atoms with E-state index in [-0.39, 0.29) is 11.9 Å². The normalized spacial score (nSPS) is 12.8. The molecule has 1 aromatic carbocycles. The van der Waals surface area contributed by atoms with Gasteiger partial charge in [-0.1, -0.05) is 0 Å². The standard InChI is InChI=1S/C17H28FN3O3/c1-14(24-16-7-5-15(18)6-8-16)13-21-17(19-2)20-9-4-10-23-12-11-22-3/h5-8,14H,4,9-13H2,1-3H3,(H2,19,20,21). The fraction of sp³-hybridized carbons (Fsp3) is 0.588. The summed E-state index contributed by atoms with van der Waals surface area (Å²) < 4.78 is 28.8. The topological polar surface area (TPSA) is 64.1 Å². The van der Waals surface area contributed by atoms with Gasteiger partial charge in [-0.2, -0.15) is 0 Å². The van der Waals surface area contributed by atoms with Gasteiger partial charge < -0.3 is 24.8 Å². The Morgan fingerprint density at radius 1 is 1.17 bits per heavy atom. The van der Waals surface area contributed by atoms with E-state index in [4.69, 9.17) is 14.2 Å². The monoisotopic (exact) mass is 341 g/mol. The number of methoxy groups -OCH3 is 1. The van der Waals surface area contributed by atoms with Crippen LogP contribution in [0.15, 0.2) is 29.3 Å². The molecule has 0 saturated carbocycles. The van der Waals surface area contributed by atoms with Crippen LogP contribution in [0.5, 0.6) is 5.75 Å². The third-order valence-corrected chi connectivity index (χ3v) is 3.12. The minimum Gasteiger partial charge on any atom is -0.489 e. The Kier molecular flexibility index (Phi) is 10.6. The van der Waals surface area contributed by atoms with E-state index in [9.17, 15) is 4.39 Å². The van der Waals surface area contributed by atoms with Gasteiger partial charge in [0.1, 0.15) is 17.7 Å². The number of hydrogen-bond acceptors (Lipinski definition) is 4. The number of ether oxygens (including phenoxy) is 3. The van der Waals surface area contributed by atoms with E-state index in [1.54, 1.807) is 26.3 Å². The number of nitrogens with one attached hydrogen (secondary N) is 2. The number of hydrogen-bond donors (Lipinski definition) is 2. The molecule has 24 heavy (non-hydrogen) atoms. The molecule has 0 aliphatic carbocycles. The fourth-order valence-electron chi connectivity index (χ4n) is 1.87. The highest BCUT2D eigenvalue weighted by atomic mass is 19.1. The zero-order valence-corrected chi connectivity index (χ0v) is 14.7. The van der Waals surface area contributed by atoms with Gasteiger partial charge in [-0.05, 0) is 37.6 Å². The second-order valence-corrected chi connectivity index (χ2v) is 5.22. The van der Waals surface area contributed by atoms with E-state index >= 15 is 0 Å². The van der Waals surface area contributed by atoms with Crippen LogP contribution in [-0.4, -0.2) is 59.1 Å². The smallest absolute Gasteiger partial charge is 0.191 e. The van der Waals surface area contributed by atoms with Gasteiger partial charge >= 0.3 is 0 Å². The number of guanidine groups is 1. The number of aliphatic imine (C=N–C) groups is 1. The van der Waals surface area contributed by atoms with Crippen LogP contribution in [0.2, 0.25) is 0 Å². The highest BCUT2D eigenvalue weighted by Crippen LogP contribution is 2.12. The molecule has 0 saturated heterocycles. The zero-order chi connectivity index (χ0) is 17.6. The summed E-state index contributed by atoms with van der Waals surface area (Å²) in [7, 11) is 3.37. The van der Waals surface area contributed by atoms with Crippen molar-refractivity contribution in [2.24, 2.45) is 4.99 Å². The molecule has 1 rings (SSSR count). The molecule has 6 nitrogen and oxygen atoms in total. The van der Waals surface area contributed by atoms with E-state index in [2.05, 4.69) is 15.6 Å². The highest BCUT2D eigenvalue weighted by Gasteiger charge is 2.05. The largest absolute Gasteiger partial charge is 0.489 e. The Morgan fingerprint density at radius 3 is 2.58 bits per heavy atom. The minimum atomic E-state index is -0.274. The molecule has 0 amide bonds. The lowest BCUT2D eigenvalue weighted by atomic mass is 10.3. The van der Waals surface area contributed by atoms with Gasteiger partial charge in [-0.25, -0.2) is 4.39 Å². The van der Waals surface area contributed by atoms with Crippen molar-refractivity contribution >= 4 is 5.96 Å².